The second-order valence-electron chi connectivity index (χ2n) is 4.70. The van der Waals surface area contributed by atoms with Gasteiger partial charge in [-0.1, -0.05) is 23.9 Å². The molecule has 0 spiro atoms. The molecule has 0 aliphatic carbocycles. The number of fused-ring (bicyclic) bond motifs is 1. The van der Waals surface area contributed by atoms with E-state index in [4.69, 9.17) is 0 Å². The maximum Gasteiger partial charge on any atom is 1.00 e. The SMILES string of the molecule is Cc1c([O-])cnc2c(-c3cc(F)cc(F)c3F)cccc12.[K+]. The number of hydrogen-bond acceptors (Lipinski definition) is 2. The summed E-state index contributed by atoms with van der Waals surface area (Å²) in [5.74, 6) is -3.53. The molecule has 0 aliphatic heterocycles. The van der Waals surface area contributed by atoms with Gasteiger partial charge in [0.2, 0.25) is 0 Å². The number of para-hydroxylation sites is 1. The molecule has 0 atom stereocenters. The van der Waals surface area contributed by atoms with Crippen molar-refractivity contribution >= 4 is 10.9 Å². The predicted molar refractivity (Wildman–Crippen MR) is 71.2 cm³/mol. The largest absolute Gasteiger partial charge is 1.00 e. The van der Waals surface area contributed by atoms with Crippen molar-refractivity contribution in [3.8, 4) is 16.9 Å². The van der Waals surface area contributed by atoms with Crippen molar-refractivity contribution in [2.24, 2.45) is 0 Å². The maximum absolute atomic E-state index is 13.9. The van der Waals surface area contributed by atoms with E-state index in [-0.39, 0.29) is 68.3 Å². The topological polar surface area (TPSA) is 36.0 Å². The molecule has 3 rings (SSSR count). The second kappa shape index (κ2) is 6.68. The molecule has 6 heteroatoms. The Morgan fingerprint density at radius 3 is 2.50 bits per heavy atom. The first-order valence-electron chi connectivity index (χ1n) is 6.19. The Labute approximate surface area is 167 Å². The Balaban J connectivity index is 0.00000176. The van der Waals surface area contributed by atoms with Crippen molar-refractivity contribution in [2.75, 3.05) is 0 Å². The van der Waals surface area contributed by atoms with Crippen LogP contribution in [0.3, 0.4) is 0 Å². The van der Waals surface area contributed by atoms with E-state index in [1.54, 1.807) is 19.1 Å². The third-order valence-electron chi connectivity index (χ3n) is 3.40. The van der Waals surface area contributed by atoms with Crippen LogP contribution in [0.5, 0.6) is 5.75 Å². The number of hydrogen-bond donors (Lipinski definition) is 0. The van der Waals surface area contributed by atoms with Gasteiger partial charge in [-0.2, -0.15) is 0 Å². The number of halogens is 3. The summed E-state index contributed by atoms with van der Waals surface area (Å²) in [6, 6.07) is 6.16. The standard InChI is InChI=1S/C16H10F3NO.K/c1-8-10-3-2-4-11(16(10)20-7-14(8)21)12-5-9(17)6-13(18)15(12)19;/h2-7,21H,1H3;/q;+1/p-1. The van der Waals surface area contributed by atoms with Gasteiger partial charge in [0, 0.05) is 28.8 Å². The van der Waals surface area contributed by atoms with E-state index in [1.165, 1.54) is 6.07 Å². The van der Waals surface area contributed by atoms with Gasteiger partial charge in [0.25, 0.3) is 0 Å². The van der Waals surface area contributed by atoms with Gasteiger partial charge in [0.15, 0.2) is 11.6 Å². The van der Waals surface area contributed by atoms with E-state index in [0.29, 0.717) is 22.5 Å². The molecular formula is C16H9F3KNO. The van der Waals surface area contributed by atoms with E-state index in [9.17, 15) is 18.3 Å². The minimum atomic E-state index is -1.26. The van der Waals surface area contributed by atoms with Crippen LogP contribution in [0.4, 0.5) is 13.2 Å². The van der Waals surface area contributed by atoms with Gasteiger partial charge in [-0.05, 0) is 18.6 Å². The van der Waals surface area contributed by atoms with Crippen LogP contribution >= 0.6 is 0 Å². The first-order valence-corrected chi connectivity index (χ1v) is 6.19. The van der Waals surface area contributed by atoms with Crippen molar-refractivity contribution in [2.45, 2.75) is 6.92 Å². The fraction of sp³-hybridized carbons (Fsp3) is 0.0625. The van der Waals surface area contributed by atoms with E-state index < -0.39 is 17.5 Å². The van der Waals surface area contributed by atoms with Gasteiger partial charge in [-0.15, -0.1) is 0 Å². The van der Waals surface area contributed by atoms with Crippen LogP contribution in [-0.4, -0.2) is 4.98 Å². The minimum absolute atomic E-state index is 0. The molecule has 3 aromatic rings. The number of rotatable bonds is 1. The molecule has 1 heterocycles. The van der Waals surface area contributed by atoms with Crippen molar-refractivity contribution < 1.29 is 69.7 Å². The van der Waals surface area contributed by atoms with Gasteiger partial charge in [-0.25, -0.2) is 13.2 Å². The first kappa shape index (κ1) is 17.4. The molecule has 0 radical (unpaired) electrons. The number of aromatic nitrogens is 1. The van der Waals surface area contributed by atoms with E-state index in [2.05, 4.69) is 4.98 Å². The Bertz CT molecular complexity index is 868. The molecular weight excluding hydrogens is 318 g/mol. The monoisotopic (exact) mass is 327 g/mol. The summed E-state index contributed by atoms with van der Waals surface area (Å²) in [5.41, 5.74) is 0.813. The predicted octanol–water partition coefficient (Wildman–Crippen LogP) is 0.705. The third-order valence-corrected chi connectivity index (χ3v) is 3.40. The van der Waals surface area contributed by atoms with E-state index >= 15 is 0 Å². The van der Waals surface area contributed by atoms with Crippen LogP contribution in [0.15, 0.2) is 36.5 Å². The smallest absolute Gasteiger partial charge is 0.871 e. The molecule has 0 fully saturated rings. The zero-order valence-corrected chi connectivity index (χ0v) is 15.1. The van der Waals surface area contributed by atoms with Crippen LogP contribution in [0, 0.1) is 24.4 Å². The average Bonchev–Trinajstić information content (AvgIpc) is 2.46. The molecule has 22 heavy (non-hydrogen) atoms. The molecule has 0 saturated carbocycles. The Hall–Kier alpha value is -0.924. The summed E-state index contributed by atoms with van der Waals surface area (Å²) in [7, 11) is 0. The molecule has 2 aromatic carbocycles. The molecule has 0 saturated heterocycles. The molecule has 2 nitrogen and oxygen atoms in total. The summed E-state index contributed by atoms with van der Waals surface area (Å²) in [4.78, 5) is 3.99. The van der Waals surface area contributed by atoms with E-state index in [1.807, 2.05) is 0 Å². The summed E-state index contributed by atoms with van der Waals surface area (Å²) < 4.78 is 40.7. The van der Waals surface area contributed by atoms with E-state index in [0.717, 1.165) is 12.3 Å². The first-order chi connectivity index (χ1) is 9.99. The quantitative estimate of drug-likeness (QED) is 0.487. The number of benzene rings is 2. The van der Waals surface area contributed by atoms with Gasteiger partial charge in [-0.3, -0.25) is 4.98 Å². The van der Waals surface area contributed by atoms with Crippen LogP contribution in [-0.2, 0) is 0 Å². The zero-order chi connectivity index (χ0) is 15.1. The maximum atomic E-state index is 13.9. The van der Waals surface area contributed by atoms with Gasteiger partial charge in [0.1, 0.15) is 5.82 Å². The molecule has 0 unspecified atom stereocenters. The fourth-order valence-corrected chi connectivity index (χ4v) is 2.31. The molecule has 0 amide bonds. The Morgan fingerprint density at radius 1 is 1.05 bits per heavy atom. The zero-order valence-electron chi connectivity index (χ0n) is 12.0. The van der Waals surface area contributed by atoms with Crippen LogP contribution < -0.4 is 56.5 Å². The molecule has 106 valence electrons. The normalized spacial score (nSPS) is 10.5. The summed E-state index contributed by atoms with van der Waals surface area (Å²) >= 11 is 0. The third kappa shape index (κ3) is 2.94. The molecule has 0 N–H and O–H groups in total. The van der Waals surface area contributed by atoms with Crippen LogP contribution in [0.25, 0.3) is 22.0 Å². The van der Waals surface area contributed by atoms with Crippen molar-refractivity contribution in [1.82, 2.24) is 4.98 Å². The van der Waals surface area contributed by atoms with Crippen molar-refractivity contribution in [1.29, 1.82) is 0 Å². The summed E-state index contributed by atoms with van der Waals surface area (Å²) in [6.07, 6.45) is 1.12. The fourth-order valence-electron chi connectivity index (χ4n) is 2.31. The van der Waals surface area contributed by atoms with Crippen LogP contribution in [0.1, 0.15) is 5.56 Å². The van der Waals surface area contributed by atoms with Gasteiger partial charge >= 0.3 is 51.4 Å². The number of nitrogens with zero attached hydrogens (tertiary/aromatic N) is 1. The average molecular weight is 327 g/mol. The van der Waals surface area contributed by atoms with Gasteiger partial charge in [0.05, 0.1) is 5.52 Å². The Morgan fingerprint density at radius 2 is 1.77 bits per heavy atom. The Kier molecular flexibility index (Phi) is 5.29. The summed E-state index contributed by atoms with van der Waals surface area (Å²) in [6.45, 7) is 1.62. The minimum Gasteiger partial charge on any atom is -0.871 e. The van der Waals surface area contributed by atoms with Crippen molar-refractivity contribution in [3.05, 3.63) is 59.5 Å². The van der Waals surface area contributed by atoms with Crippen LogP contribution in [0.2, 0.25) is 0 Å². The number of pyridine rings is 1. The van der Waals surface area contributed by atoms with Crippen molar-refractivity contribution in [3.63, 3.8) is 0 Å². The molecule has 1 aromatic heterocycles. The summed E-state index contributed by atoms with van der Waals surface area (Å²) in [5, 5.41) is 12.1. The number of aryl methyl sites for hydroxylation is 1. The second-order valence-corrected chi connectivity index (χ2v) is 4.70. The molecule has 0 aliphatic rings. The molecule has 0 bridgehead atoms. The van der Waals surface area contributed by atoms with Gasteiger partial charge < -0.3 is 5.11 Å².